The Bertz CT molecular complexity index is 1300. The van der Waals surface area contributed by atoms with Gasteiger partial charge in [-0.05, 0) is 102 Å². The van der Waals surface area contributed by atoms with Gasteiger partial charge in [0.25, 0.3) is 0 Å². The number of carbonyl (C=O) groups excluding carboxylic acids is 3. The zero-order chi connectivity index (χ0) is 50.2. The molecule has 4 rings (SSSR count). The average molecular weight is 927 g/mol. The Hall–Kier alpha value is -2.71. The average Bonchev–Trinajstić information content (AvgIpc) is 3.29. The van der Waals surface area contributed by atoms with Crippen molar-refractivity contribution in [3.63, 3.8) is 0 Å². The number of hydrogen-bond acceptors (Lipinski definition) is 5. The third-order valence-electron chi connectivity index (χ3n) is 13.6. The van der Waals surface area contributed by atoms with E-state index in [1.165, 1.54) is 108 Å². The van der Waals surface area contributed by atoms with E-state index >= 15 is 0 Å². The zero-order valence-corrected chi connectivity index (χ0v) is 45.5. The van der Waals surface area contributed by atoms with E-state index in [1.807, 2.05) is 39.0 Å². The van der Waals surface area contributed by atoms with E-state index in [9.17, 15) is 14.4 Å². The van der Waals surface area contributed by atoms with Crippen LogP contribution in [-0.4, -0.2) is 47.9 Å². The minimum absolute atomic E-state index is 0.103. The number of amides is 3. The van der Waals surface area contributed by atoms with Crippen LogP contribution >= 0.6 is 0 Å². The lowest BCUT2D eigenvalue weighted by molar-refractivity contribution is -0.126. The Balaban J connectivity index is 0. The van der Waals surface area contributed by atoms with Gasteiger partial charge in [0.05, 0.1) is 0 Å². The lowest BCUT2D eigenvalue weighted by atomic mass is 9.83. The first kappa shape index (κ1) is 65.4. The van der Waals surface area contributed by atoms with Crippen LogP contribution in [0.25, 0.3) is 0 Å². The quantitative estimate of drug-likeness (QED) is 0.0648. The van der Waals surface area contributed by atoms with Crippen LogP contribution in [0.5, 0.6) is 0 Å². The monoisotopic (exact) mass is 926 g/mol. The molecule has 3 fully saturated rings. The van der Waals surface area contributed by atoms with Crippen LogP contribution in [0.2, 0.25) is 0 Å². The van der Waals surface area contributed by atoms with Crippen molar-refractivity contribution in [1.29, 1.82) is 0 Å². The molecule has 386 valence electrons. The number of nitrogens with two attached hydrogens (primary N) is 2. The Morgan fingerprint density at radius 1 is 0.894 bits per heavy atom. The standard InChI is InChI=1S/C11H17N.C11H22.2C10H19NO.C9H21N.C7H13NO/c1-4-6-11-8-10(5-2)7-9(3)12-11;1-2-3-5-8-11-9-6-4-7-10-11;1-3-9(12)11-10(2)7-5-4-6-8-10;1-2-8-11-10(12)9-6-4-3-5-7-9;1-5-8(10)7-9(3,4)6-2;1-3-4-6(2)5-7(8)9/h4-5,7,9,11-12H,1-2,6,8H2,3H3;11H,2-10H2,1H3;3-8H2,1-2H3,(H,11,12);9H,2-8H2,1H3,(H,11,12);8H,5-7,10H2,1-4H3;4H,3,5H2,1-2H3,(H2,8,9)/b;;;;;6-4+/t;;;;8-;/m....1./s1. The highest BCUT2D eigenvalue weighted by molar-refractivity contribution is 5.78. The molecule has 0 saturated heterocycles. The maximum absolute atomic E-state index is 11.4. The molecule has 3 amide bonds. The van der Waals surface area contributed by atoms with Crippen LogP contribution in [0.1, 0.15) is 256 Å². The molecule has 8 heteroatoms. The van der Waals surface area contributed by atoms with E-state index in [4.69, 9.17) is 11.5 Å². The number of allylic oxidation sites excluding steroid dienone is 2. The molecule has 3 atom stereocenters. The number of unbranched alkanes of at least 4 members (excludes halogenated alkanes) is 2. The van der Waals surface area contributed by atoms with Gasteiger partial charge in [-0.2, -0.15) is 0 Å². The second kappa shape index (κ2) is 41.3. The van der Waals surface area contributed by atoms with Crippen molar-refractivity contribution >= 4 is 17.7 Å². The summed E-state index contributed by atoms with van der Waals surface area (Å²) in [6, 6.07) is 1.42. The Morgan fingerprint density at radius 3 is 1.97 bits per heavy atom. The van der Waals surface area contributed by atoms with Crippen molar-refractivity contribution in [3.8, 4) is 0 Å². The van der Waals surface area contributed by atoms with E-state index < -0.39 is 0 Å². The number of rotatable bonds is 19. The highest BCUT2D eigenvalue weighted by Gasteiger charge is 2.27. The summed E-state index contributed by atoms with van der Waals surface area (Å²) in [4.78, 5) is 32.9. The zero-order valence-electron chi connectivity index (χ0n) is 45.5. The van der Waals surface area contributed by atoms with Crippen molar-refractivity contribution in [1.82, 2.24) is 16.0 Å². The van der Waals surface area contributed by atoms with Gasteiger partial charge in [0.2, 0.25) is 17.7 Å². The highest BCUT2D eigenvalue weighted by atomic mass is 16.2. The van der Waals surface area contributed by atoms with E-state index in [0.29, 0.717) is 42.3 Å². The van der Waals surface area contributed by atoms with Crippen molar-refractivity contribution in [2.75, 3.05) is 6.54 Å². The maximum atomic E-state index is 11.4. The molecule has 0 aromatic carbocycles. The van der Waals surface area contributed by atoms with Crippen LogP contribution in [0.3, 0.4) is 0 Å². The summed E-state index contributed by atoms with van der Waals surface area (Å²) in [6.07, 6.45) is 42.4. The minimum Gasteiger partial charge on any atom is -0.369 e. The van der Waals surface area contributed by atoms with Gasteiger partial charge in [0, 0.05) is 49.0 Å². The molecule has 0 radical (unpaired) electrons. The van der Waals surface area contributed by atoms with Gasteiger partial charge in [-0.1, -0.05) is 195 Å². The summed E-state index contributed by atoms with van der Waals surface area (Å²) in [5.41, 5.74) is 13.7. The lowest BCUT2D eigenvalue weighted by Gasteiger charge is -2.34. The van der Waals surface area contributed by atoms with Gasteiger partial charge in [-0.15, -0.1) is 6.58 Å². The minimum atomic E-state index is -0.253. The van der Waals surface area contributed by atoms with E-state index in [1.54, 1.807) is 0 Å². The predicted octanol–water partition coefficient (Wildman–Crippen LogP) is 14.7. The van der Waals surface area contributed by atoms with Crippen LogP contribution < -0.4 is 27.4 Å². The Labute approximate surface area is 410 Å². The molecule has 0 bridgehead atoms. The molecular weight excluding hydrogens is 815 g/mol. The molecule has 2 unspecified atom stereocenters. The van der Waals surface area contributed by atoms with Gasteiger partial charge in [-0.25, -0.2) is 0 Å². The third-order valence-corrected chi connectivity index (χ3v) is 13.6. The second-order valence-corrected chi connectivity index (χ2v) is 21.0. The maximum Gasteiger partial charge on any atom is 0.223 e. The molecule has 0 aromatic rings. The van der Waals surface area contributed by atoms with Crippen LogP contribution in [-0.2, 0) is 14.4 Å². The summed E-state index contributed by atoms with van der Waals surface area (Å²) in [5, 5.41) is 9.56. The number of primary amides is 1. The highest BCUT2D eigenvalue weighted by Crippen LogP contribution is 2.29. The fraction of sp³-hybridized carbons (Fsp3) is 0.810. The summed E-state index contributed by atoms with van der Waals surface area (Å²) >= 11 is 0. The van der Waals surface area contributed by atoms with Crippen molar-refractivity contribution in [2.24, 2.45) is 28.7 Å². The lowest BCUT2D eigenvalue weighted by Crippen LogP contribution is -2.46. The third kappa shape index (κ3) is 37.3. The molecule has 7 N–H and O–H groups in total. The molecule has 3 saturated carbocycles. The topological polar surface area (TPSA) is 139 Å². The fourth-order valence-corrected chi connectivity index (χ4v) is 9.15. The molecule has 4 aliphatic rings. The Morgan fingerprint density at radius 2 is 1.48 bits per heavy atom. The molecule has 66 heavy (non-hydrogen) atoms. The smallest absolute Gasteiger partial charge is 0.223 e. The van der Waals surface area contributed by atoms with Crippen LogP contribution in [0.4, 0.5) is 0 Å². The first-order chi connectivity index (χ1) is 31.4. The normalized spacial score (nSPS) is 20.1. The Kier molecular flexibility index (Phi) is 40.9. The summed E-state index contributed by atoms with van der Waals surface area (Å²) in [5.74, 6) is 1.66. The van der Waals surface area contributed by atoms with Gasteiger partial charge >= 0.3 is 0 Å². The van der Waals surface area contributed by atoms with Gasteiger partial charge in [0.15, 0.2) is 0 Å². The van der Waals surface area contributed by atoms with E-state index in [2.05, 4.69) is 90.6 Å². The van der Waals surface area contributed by atoms with Crippen molar-refractivity contribution < 1.29 is 14.4 Å². The summed E-state index contributed by atoms with van der Waals surface area (Å²) in [7, 11) is 0. The van der Waals surface area contributed by atoms with Crippen molar-refractivity contribution in [2.45, 2.75) is 280 Å². The molecular formula is C58H111N5O3. The first-order valence-corrected chi connectivity index (χ1v) is 27.4. The summed E-state index contributed by atoms with van der Waals surface area (Å²) < 4.78 is 0. The van der Waals surface area contributed by atoms with E-state index in [-0.39, 0.29) is 23.3 Å². The second-order valence-electron chi connectivity index (χ2n) is 21.0. The number of nitrogens with one attached hydrogen (secondary N) is 3. The SMILES string of the molecule is C=CCC1CC(C=C)=CC(C)N1.CC/C=C(\C)CC(N)=O.CCC(=O)NC1(C)CCCCC1.CCCCCC1CCCCC1.CCCNC(=O)C1CCCCC1.CC[C@@H](N)CC(C)(C)CC. The predicted molar refractivity (Wildman–Crippen MR) is 289 cm³/mol. The molecule has 1 heterocycles. The first-order valence-electron chi connectivity index (χ1n) is 27.4. The van der Waals surface area contributed by atoms with Gasteiger partial charge in [-0.3, -0.25) is 14.4 Å². The molecule has 3 aliphatic carbocycles. The number of hydrogen-bond donors (Lipinski definition) is 5. The van der Waals surface area contributed by atoms with Gasteiger partial charge in [0.1, 0.15) is 0 Å². The molecule has 8 nitrogen and oxygen atoms in total. The number of carbonyl (C=O) groups is 3. The largest absolute Gasteiger partial charge is 0.369 e. The van der Waals surface area contributed by atoms with E-state index in [0.717, 1.165) is 82.2 Å². The van der Waals surface area contributed by atoms with Crippen LogP contribution in [0, 0.1) is 17.3 Å². The summed E-state index contributed by atoms with van der Waals surface area (Å²) in [6.45, 7) is 31.9. The molecule has 1 aliphatic heterocycles. The van der Waals surface area contributed by atoms with Crippen LogP contribution in [0.15, 0.2) is 48.6 Å². The molecule has 0 aromatic heterocycles. The fourth-order valence-electron chi connectivity index (χ4n) is 9.15. The molecule has 0 spiro atoms. The van der Waals surface area contributed by atoms with Gasteiger partial charge < -0.3 is 27.4 Å². The van der Waals surface area contributed by atoms with Crippen molar-refractivity contribution in [3.05, 3.63) is 48.6 Å².